The third-order valence-electron chi connectivity index (χ3n) is 6.26. The highest BCUT2D eigenvalue weighted by Crippen LogP contribution is 2.53. The van der Waals surface area contributed by atoms with Gasteiger partial charge in [-0.3, -0.25) is 4.79 Å². The van der Waals surface area contributed by atoms with Crippen molar-refractivity contribution in [3.05, 3.63) is 35.9 Å². The minimum atomic E-state index is -1.14. The van der Waals surface area contributed by atoms with E-state index in [1.165, 1.54) is 6.92 Å². The second-order valence-corrected chi connectivity index (χ2v) is 8.13. The second kappa shape index (κ2) is 7.60. The van der Waals surface area contributed by atoms with Crippen LogP contribution >= 0.6 is 0 Å². The standard InChI is InChI=1S/C23H22O10/c1-12(24)33-23-9-27-21(14-6-19-20(31-11-30-19)7-17(14)25-2)15(23)8-26-22(23)32-13-3-4-16-18(5-13)29-10-28-16/h3-7,15,21-22H,8-11H2,1-2H3/t15-,21-,22-,23-/m1/s1. The highest BCUT2D eigenvalue weighted by atomic mass is 16.7. The van der Waals surface area contributed by atoms with Crippen molar-refractivity contribution >= 4 is 5.97 Å². The summed E-state index contributed by atoms with van der Waals surface area (Å²) in [5.41, 5.74) is -0.387. The van der Waals surface area contributed by atoms with E-state index >= 15 is 0 Å². The number of carbonyl (C=O) groups is 1. The molecule has 0 aliphatic carbocycles. The van der Waals surface area contributed by atoms with E-state index in [0.717, 1.165) is 5.56 Å². The fourth-order valence-electron chi connectivity index (χ4n) is 4.78. The smallest absolute Gasteiger partial charge is 0.303 e. The van der Waals surface area contributed by atoms with Gasteiger partial charge in [0.05, 0.1) is 32.3 Å². The van der Waals surface area contributed by atoms with E-state index in [2.05, 4.69) is 0 Å². The Morgan fingerprint density at radius 1 is 0.970 bits per heavy atom. The number of esters is 1. The second-order valence-electron chi connectivity index (χ2n) is 8.13. The molecule has 0 radical (unpaired) electrons. The van der Waals surface area contributed by atoms with Gasteiger partial charge >= 0.3 is 5.97 Å². The molecule has 174 valence electrons. The van der Waals surface area contributed by atoms with Gasteiger partial charge in [0.15, 0.2) is 23.0 Å². The van der Waals surface area contributed by atoms with Gasteiger partial charge in [-0.2, -0.15) is 0 Å². The van der Waals surface area contributed by atoms with Gasteiger partial charge in [0.25, 0.3) is 0 Å². The number of rotatable bonds is 5. The van der Waals surface area contributed by atoms with Crippen molar-refractivity contribution in [2.75, 3.05) is 33.9 Å². The number of carbonyl (C=O) groups excluding carboxylic acids is 1. The lowest BCUT2D eigenvalue weighted by Crippen LogP contribution is -2.50. The summed E-state index contributed by atoms with van der Waals surface area (Å²) in [6.45, 7) is 2.00. The van der Waals surface area contributed by atoms with Gasteiger partial charge in [-0.15, -0.1) is 0 Å². The van der Waals surface area contributed by atoms with Crippen LogP contribution in [0.5, 0.6) is 34.5 Å². The van der Waals surface area contributed by atoms with Gasteiger partial charge in [-0.1, -0.05) is 0 Å². The van der Waals surface area contributed by atoms with E-state index in [9.17, 15) is 4.79 Å². The third-order valence-corrected chi connectivity index (χ3v) is 6.26. The van der Waals surface area contributed by atoms with Crippen LogP contribution in [-0.4, -0.2) is 51.8 Å². The molecule has 33 heavy (non-hydrogen) atoms. The molecule has 4 aliphatic heterocycles. The summed E-state index contributed by atoms with van der Waals surface area (Å²) in [4.78, 5) is 12.1. The highest BCUT2D eigenvalue weighted by Gasteiger charge is 2.64. The van der Waals surface area contributed by atoms with Crippen molar-refractivity contribution in [2.45, 2.75) is 24.9 Å². The van der Waals surface area contributed by atoms with Crippen molar-refractivity contribution in [3.8, 4) is 34.5 Å². The normalized spacial score (nSPS) is 28.5. The molecular formula is C23H22O10. The molecule has 2 aromatic carbocycles. The molecule has 6 rings (SSSR count). The number of ether oxygens (including phenoxy) is 9. The van der Waals surface area contributed by atoms with Gasteiger partial charge < -0.3 is 42.6 Å². The zero-order valence-corrected chi connectivity index (χ0v) is 18.0. The fraction of sp³-hybridized carbons (Fsp3) is 0.435. The molecular weight excluding hydrogens is 436 g/mol. The Hall–Kier alpha value is -3.37. The quantitative estimate of drug-likeness (QED) is 0.622. The molecule has 0 amide bonds. The number of hydrogen-bond donors (Lipinski definition) is 0. The van der Waals surface area contributed by atoms with E-state index in [1.54, 1.807) is 31.4 Å². The molecule has 10 nitrogen and oxygen atoms in total. The minimum Gasteiger partial charge on any atom is -0.496 e. The van der Waals surface area contributed by atoms with Gasteiger partial charge in [0.2, 0.25) is 25.5 Å². The maximum absolute atomic E-state index is 12.1. The van der Waals surface area contributed by atoms with E-state index in [4.69, 9.17) is 42.6 Å². The van der Waals surface area contributed by atoms with Crippen molar-refractivity contribution in [1.29, 1.82) is 0 Å². The zero-order chi connectivity index (χ0) is 22.6. The van der Waals surface area contributed by atoms with Crippen molar-refractivity contribution in [1.82, 2.24) is 0 Å². The first-order chi connectivity index (χ1) is 16.1. The summed E-state index contributed by atoms with van der Waals surface area (Å²) in [5, 5.41) is 0. The Kier molecular flexibility index (Phi) is 4.66. The molecule has 2 aromatic rings. The van der Waals surface area contributed by atoms with Gasteiger partial charge in [0, 0.05) is 24.6 Å². The van der Waals surface area contributed by atoms with Crippen LogP contribution in [-0.2, 0) is 19.0 Å². The molecule has 4 heterocycles. The topological polar surface area (TPSA) is 100 Å². The van der Waals surface area contributed by atoms with Crippen LogP contribution < -0.4 is 28.4 Å². The molecule has 0 aromatic heterocycles. The van der Waals surface area contributed by atoms with Crippen LogP contribution in [0, 0.1) is 5.92 Å². The first kappa shape index (κ1) is 20.3. The monoisotopic (exact) mass is 458 g/mol. The Labute approximate surface area is 189 Å². The molecule has 4 atom stereocenters. The number of methoxy groups -OCH3 is 1. The highest BCUT2D eigenvalue weighted by molar-refractivity contribution is 5.67. The van der Waals surface area contributed by atoms with E-state index < -0.39 is 24.0 Å². The van der Waals surface area contributed by atoms with Gasteiger partial charge in [0.1, 0.15) is 11.5 Å². The molecule has 2 fully saturated rings. The predicted molar refractivity (Wildman–Crippen MR) is 109 cm³/mol. The Balaban J connectivity index is 1.32. The van der Waals surface area contributed by atoms with Crippen molar-refractivity contribution < 1.29 is 47.4 Å². The summed E-state index contributed by atoms with van der Waals surface area (Å²) in [5.74, 6) is 2.72. The lowest BCUT2D eigenvalue weighted by atomic mass is 9.85. The minimum absolute atomic E-state index is 0.0920. The fourth-order valence-corrected chi connectivity index (χ4v) is 4.78. The summed E-state index contributed by atoms with van der Waals surface area (Å²) >= 11 is 0. The lowest BCUT2D eigenvalue weighted by molar-refractivity contribution is -0.191. The van der Waals surface area contributed by atoms with Crippen LogP contribution in [0.1, 0.15) is 18.6 Å². The van der Waals surface area contributed by atoms with Gasteiger partial charge in [-0.05, 0) is 18.2 Å². The average molecular weight is 458 g/mol. The first-order valence-corrected chi connectivity index (χ1v) is 10.5. The summed E-state index contributed by atoms with van der Waals surface area (Å²) < 4.78 is 51.6. The Morgan fingerprint density at radius 3 is 2.45 bits per heavy atom. The Morgan fingerprint density at radius 2 is 1.70 bits per heavy atom. The summed E-state index contributed by atoms with van der Waals surface area (Å²) in [6, 6.07) is 8.83. The molecule has 10 heteroatoms. The van der Waals surface area contributed by atoms with Crippen LogP contribution in [0.25, 0.3) is 0 Å². The molecule has 0 unspecified atom stereocenters. The molecule has 2 saturated heterocycles. The van der Waals surface area contributed by atoms with Crippen LogP contribution in [0.15, 0.2) is 30.3 Å². The lowest BCUT2D eigenvalue weighted by Gasteiger charge is -2.32. The van der Waals surface area contributed by atoms with E-state index in [-0.39, 0.29) is 32.7 Å². The predicted octanol–water partition coefficient (Wildman–Crippen LogP) is 2.58. The summed E-state index contributed by atoms with van der Waals surface area (Å²) in [7, 11) is 1.58. The van der Waals surface area contributed by atoms with E-state index in [1.807, 2.05) is 6.07 Å². The molecule has 4 aliphatic rings. The SMILES string of the molecule is COc1cc2c(cc1[C@H]1OC[C@]3(OC(C)=O)[C@@H](Oc4ccc5c(c4)OCO5)OC[C@H]13)OCO2. The molecule has 0 N–H and O–H groups in total. The Bertz CT molecular complexity index is 1100. The van der Waals surface area contributed by atoms with Crippen molar-refractivity contribution in [2.24, 2.45) is 5.92 Å². The molecule has 0 bridgehead atoms. The first-order valence-electron chi connectivity index (χ1n) is 10.5. The van der Waals surface area contributed by atoms with E-state index in [0.29, 0.717) is 34.5 Å². The number of benzene rings is 2. The largest absolute Gasteiger partial charge is 0.496 e. The molecule has 0 saturated carbocycles. The third kappa shape index (κ3) is 3.20. The maximum Gasteiger partial charge on any atom is 0.303 e. The number of fused-ring (bicyclic) bond motifs is 3. The van der Waals surface area contributed by atoms with Crippen LogP contribution in [0.3, 0.4) is 0 Å². The maximum atomic E-state index is 12.1. The van der Waals surface area contributed by atoms with Crippen molar-refractivity contribution in [3.63, 3.8) is 0 Å². The van der Waals surface area contributed by atoms with Crippen LogP contribution in [0.2, 0.25) is 0 Å². The zero-order valence-electron chi connectivity index (χ0n) is 18.0. The molecule has 0 spiro atoms. The van der Waals surface area contributed by atoms with Crippen LogP contribution in [0.4, 0.5) is 0 Å². The average Bonchev–Trinajstić information content (AvgIpc) is 3.57. The summed E-state index contributed by atoms with van der Waals surface area (Å²) in [6.07, 6.45) is -1.35. The van der Waals surface area contributed by atoms with Gasteiger partial charge in [-0.25, -0.2) is 0 Å². The number of hydrogen-bond acceptors (Lipinski definition) is 10.